The van der Waals surface area contributed by atoms with E-state index < -0.39 is 24.9 Å². The summed E-state index contributed by atoms with van der Waals surface area (Å²) >= 11 is 0. The predicted octanol–water partition coefficient (Wildman–Crippen LogP) is 1.55. The summed E-state index contributed by atoms with van der Waals surface area (Å²) in [5, 5.41) is 3.72. The van der Waals surface area contributed by atoms with Crippen LogP contribution in [0.2, 0.25) is 0 Å². The second-order valence-corrected chi connectivity index (χ2v) is 3.42. The van der Waals surface area contributed by atoms with Crippen LogP contribution in [0.1, 0.15) is 5.56 Å². The molecule has 8 heteroatoms. The van der Waals surface area contributed by atoms with Crippen LogP contribution >= 0.6 is 0 Å². The molecule has 2 N–H and O–H groups in total. The van der Waals surface area contributed by atoms with Gasteiger partial charge in [-0.05, 0) is 5.56 Å². The number of amides is 2. The molecule has 1 aromatic rings. The van der Waals surface area contributed by atoms with Crippen molar-refractivity contribution in [3.63, 3.8) is 0 Å². The molecule has 104 valence electrons. The number of carbonyl (C=O) groups excluding carboxylic acids is 2. The van der Waals surface area contributed by atoms with Gasteiger partial charge in [-0.1, -0.05) is 30.3 Å². The average Bonchev–Trinajstić information content (AvgIpc) is 2.36. The van der Waals surface area contributed by atoms with E-state index in [1.54, 1.807) is 30.3 Å². The summed E-state index contributed by atoms with van der Waals surface area (Å²) in [6.45, 7) is -0.675. The number of nitrogens with one attached hydrogen (secondary N) is 2. The zero-order chi connectivity index (χ0) is 14.3. The maximum atomic E-state index is 11.8. The molecule has 0 aromatic heterocycles. The van der Waals surface area contributed by atoms with E-state index >= 15 is 0 Å². The zero-order valence-corrected chi connectivity index (χ0v) is 9.66. The molecule has 2 amide bonds. The summed E-state index contributed by atoms with van der Waals surface area (Å²) < 4.78 is 39.7. The highest BCUT2D eigenvalue weighted by molar-refractivity contribution is 5.81. The van der Waals surface area contributed by atoms with Crippen LogP contribution < -0.4 is 10.6 Å². The van der Waals surface area contributed by atoms with Crippen molar-refractivity contribution in [2.45, 2.75) is 12.7 Å². The Balaban J connectivity index is 2.20. The SMILES string of the molecule is O=C(NCc1ccccc1)OCNC(=O)C(F)(F)F. The Morgan fingerprint density at radius 1 is 1.11 bits per heavy atom. The summed E-state index contributed by atoms with van der Waals surface area (Å²) in [7, 11) is 0. The lowest BCUT2D eigenvalue weighted by Gasteiger charge is -2.09. The number of halogens is 3. The highest BCUT2D eigenvalue weighted by Crippen LogP contribution is 2.13. The molecule has 0 saturated carbocycles. The Labute approximate surface area is 106 Å². The van der Waals surface area contributed by atoms with E-state index in [0.717, 1.165) is 5.56 Å². The third-order valence-corrected chi connectivity index (χ3v) is 1.97. The fraction of sp³-hybridized carbons (Fsp3) is 0.273. The largest absolute Gasteiger partial charge is 0.471 e. The van der Waals surface area contributed by atoms with Crippen LogP contribution in [0.15, 0.2) is 30.3 Å². The first kappa shape index (κ1) is 14.8. The van der Waals surface area contributed by atoms with Crippen LogP contribution in [-0.2, 0) is 16.1 Å². The maximum Gasteiger partial charge on any atom is 0.471 e. The minimum absolute atomic E-state index is 0.174. The summed E-state index contributed by atoms with van der Waals surface area (Å²) in [5.41, 5.74) is 0.804. The number of hydrogen-bond donors (Lipinski definition) is 2. The van der Waals surface area contributed by atoms with Crippen LogP contribution in [0.3, 0.4) is 0 Å². The van der Waals surface area contributed by atoms with E-state index in [0.29, 0.717) is 0 Å². The van der Waals surface area contributed by atoms with Crippen molar-refractivity contribution < 1.29 is 27.5 Å². The molecule has 0 spiro atoms. The number of ether oxygens (including phenoxy) is 1. The second kappa shape index (κ2) is 6.62. The van der Waals surface area contributed by atoms with E-state index in [1.807, 2.05) is 0 Å². The van der Waals surface area contributed by atoms with Gasteiger partial charge >= 0.3 is 18.2 Å². The molecule has 0 fully saturated rings. The lowest BCUT2D eigenvalue weighted by Crippen LogP contribution is -2.39. The highest BCUT2D eigenvalue weighted by atomic mass is 19.4. The van der Waals surface area contributed by atoms with Gasteiger partial charge in [0.25, 0.3) is 0 Å². The van der Waals surface area contributed by atoms with Crippen LogP contribution in [0, 0.1) is 0 Å². The number of rotatable bonds is 4. The molecule has 1 aromatic carbocycles. The molecule has 0 bridgehead atoms. The third-order valence-electron chi connectivity index (χ3n) is 1.97. The topological polar surface area (TPSA) is 67.4 Å². The lowest BCUT2D eigenvalue weighted by molar-refractivity contribution is -0.174. The zero-order valence-electron chi connectivity index (χ0n) is 9.66. The van der Waals surface area contributed by atoms with Crippen molar-refractivity contribution in [2.75, 3.05) is 6.73 Å². The van der Waals surface area contributed by atoms with Gasteiger partial charge in [-0.3, -0.25) is 4.79 Å². The molecule has 0 atom stereocenters. The molecule has 0 radical (unpaired) electrons. The Bertz CT molecular complexity index is 435. The predicted molar refractivity (Wildman–Crippen MR) is 58.8 cm³/mol. The number of carbonyl (C=O) groups is 2. The van der Waals surface area contributed by atoms with Gasteiger partial charge in [0.15, 0.2) is 6.73 Å². The first-order valence-corrected chi connectivity index (χ1v) is 5.19. The highest BCUT2D eigenvalue weighted by Gasteiger charge is 2.38. The van der Waals surface area contributed by atoms with Gasteiger partial charge in [-0.2, -0.15) is 13.2 Å². The van der Waals surface area contributed by atoms with Crippen LogP contribution in [0.5, 0.6) is 0 Å². The average molecular weight is 276 g/mol. The monoisotopic (exact) mass is 276 g/mol. The quantitative estimate of drug-likeness (QED) is 0.820. The third kappa shape index (κ3) is 5.75. The van der Waals surface area contributed by atoms with E-state index in [4.69, 9.17) is 0 Å². The fourth-order valence-electron chi connectivity index (χ4n) is 1.09. The molecule has 5 nitrogen and oxygen atoms in total. The second-order valence-electron chi connectivity index (χ2n) is 3.42. The van der Waals surface area contributed by atoms with Gasteiger partial charge in [-0.15, -0.1) is 0 Å². The van der Waals surface area contributed by atoms with Gasteiger partial charge in [0, 0.05) is 6.54 Å². The number of benzene rings is 1. The Kier molecular flexibility index (Phi) is 5.16. The molecule has 0 unspecified atom stereocenters. The smallest absolute Gasteiger partial charge is 0.428 e. The molecular formula is C11H11F3N2O3. The minimum atomic E-state index is -5.00. The van der Waals surface area contributed by atoms with Gasteiger partial charge in [0.1, 0.15) is 0 Å². The number of hydrogen-bond acceptors (Lipinski definition) is 3. The van der Waals surface area contributed by atoms with Crippen molar-refractivity contribution in [1.29, 1.82) is 0 Å². The molecule has 19 heavy (non-hydrogen) atoms. The van der Waals surface area contributed by atoms with Crippen molar-refractivity contribution in [3.05, 3.63) is 35.9 Å². The summed E-state index contributed by atoms with van der Waals surface area (Å²) in [6, 6.07) is 8.85. The van der Waals surface area contributed by atoms with Crippen molar-refractivity contribution in [3.8, 4) is 0 Å². The van der Waals surface area contributed by atoms with Crippen LogP contribution in [0.25, 0.3) is 0 Å². The van der Waals surface area contributed by atoms with E-state index in [9.17, 15) is 22.8 Å². The summed E-state index contributed by atoms with van der Waals surface area (Å²) in [5.74, 6) is -2.16. The van der Waals surface area contributed by atoms with Gasteiger partial charge < -0.3 is 15.4 Å². The minimum Gasteiger partial charge on any atom is -0.428 e. The summed E-state index contributed by atoms with van der Waals surface area (Å²) in [6.07, 6.45) is -5.92. The number of alkyl halides is 3. The lowest BCUT2D eigenvalue weighted by atomic mass is 10.2. The van der Waals surface area contributed by atoms with Gasteiger partial charge in [-0.25, -0.2) is 4.79 Å². The molecule has 0 heterocycles. The first-order chi connectivity index (χ1) is 8.89. The standard InChI is InChI=1S/C11H11F3N2O3/c12-11(13,14)9(17)16-7-19-10(18)15-6-8-4-2-1-3-5-8/h1-5H,6-7H2,(H,15,18)(H,16,17). The van der Waals surface area contributed by atoms with Crippen molar-refractivity contribution in [1.82, 2.24) is 10.6 Å². The molecule has 1 rings (SSSR count). The fourth-order valence-corrected chi connectivity index (χ4v) is 1.09. The molecule has 0 aliphatic heterocycles. The van der Waals surface area contributed by atoms with Gasteiger partial charge in [0.2, 0.25) is 0 Å². The number of alkyl carbamates (subject to hydrolysis) is 1. The van der Waals surface area contributed by atoms with Crippen LogP contribution in [-0.4, -0.2) is 24.9 Å². The van der Waals surface area contributed by atoms with E-state index in [1.165, 1.54) is 5.32 Å². The maximum absolute atomic E-state index is 11.8. The van der Waals surface area contributed by atoms with Crippen molar-refractivity contribution in [2.24, 2.45) is 0 Å². The van der Waals surface area contributed by atoms with Gasteiger partial charge in [0.05, 0.1) is 0 Å². The first-order valence-electron chi connectivity index (χ1n) is 5.19. The molecular weight excluding hydrogens is 265 g/mol. The van der Waals surface area contributed by atoms with Crippen LogP contribution in [0.4, 0.5) is 18.0 Å². The van der Waals surface area contributed by atoms with E-state index in [2.05, 4.69) is 10.1 Å². The normalized spacial score (nSPS) is 10.7. The van der Waals surface area contributed by atoms with E-state index in [-0.39, 0.29) is 6.54 Å². The molecule has 0 aliphatic rings. The Morgan fingerprint density at radius 3 is 2.32 bits per heavy atom. The summed E-state index contributed by atoms with van der Waals surface area (Å²) in [4.78, 5) is 21.5. The molecule has 0 saturated heterocycles. The Morgan fingerprint density at radius 2 is 1.74 bits per heavy atom. The van der Waals surface area contributed by atoms with Crippen molar-refractivity contribution >= 4 is 12.0 Å². The Hall–Kier alpha value is -2.25. The molecule has 0 aliphatic carbocycles.